The van der Waals surface area contributed by atoms with Gasteiger partial charge in [-0.25, -0.2) is 0 Å². The molecule has 0 atom stereocenters. The zero-order valence-corrected chi connectivity index (χ0v) is 15.0. The van der Waals surface area contributed by atoms with E-state index in [9.17, 15) is 4.79 Å². The second-order valence-electron chi connectivity index (χ2n) is 6.10. The molecule has 0 spiro atoms. The Morgan fingerprint density at radius 3 is 2.92 bits per heavy atom. The van der Waals surface area contributed by atoms with Crippen LogP contribution in [0.4, 0.5) is 0 Å². The molecule has 1 aliphatic heterocycles. The van der Waals surface area contributed by atoms with Gasteiger partial charge in [0, 0.05) is 36.9 Å². The van der Waals surface area contributed by atoms with E-state index in [1.807, 2.05) is 12.1 Å². The maximum absolute atomic E-state index is 12.6. The lowest BCUT2D eigenvalue weighted by Gasteiger charge is -2.36. The molecular formula is C17H16ClN5O3. The van der Waals surface area contributed by atoms with Crippen LogP contribution in [0.3, 0.4) is 0 Å². The molecule has 3 heterocycles. The van der Waals surface area contributed by atoms with Crippen molar-refractivity contribution in [2.75, 3.05) is 20.2 Å². The van der Waals surface area contributed by atoms with Crippen molar-refractivity contribution in [3.05, 3.63) is 46.9 Å². The van der Waals surface area contributed by atoms with Crippen LogP contribution >= 0.6 is 11.6 Å². The zero-order valence-electron chi connectivity index (χ0n) is 14.2. The average molecular weight is 374 g/mol. The maximum atomic E-state index is 12.6. The van der Waals surface area contributed by atoms with Gasteiger partial charge in [0.15, 0.2) is 0 Å². The fourth-order valence-electron chi connectivity index (χ4n) is 2.88. The molecule has 0 unspecified atom stereocenters. The number of ether oxygens (including phenoxy) is 1. The van der Waals surface area contributed by atoms with Gasteiger partial charge in [-0.05, 0) is 12.1 Å². The smallest absolute Gasteiger partial charge is 0.261 e. The molecule has 1 saturated heterocycles. The van der Waals surface area contributed by atoms with E-state index in [2.05, 4.69) is 15.2 Å². The third kappa shape index (κ3) is 2.92. The lowest BCUT2D eigenvalue weighted by Crippen LogP contribution is -2.48. The largest absolute Gasteiger partial charge is 0.479 e. The Hall–Kier alpha value is -2.87. The number of nitrogens with zero attached hydrogens (tertiary/aromatic N) is 5. The third-order valence-electron chi connectivity index (χ3n) is 4.26. The van der Waals surface area contributed by atoms with Crippen molar-refractivity contribution < 1.29 is 14.1 Å². The molecule has 0 N–H and O–H groups in total. The Morgan fingerprint density at radius 1 is 1.38 bits per heavy atom. The molecule has 0 aliphatic carbocycles. The Bertz CT molecular complexity index is 961. The minimum atomic E-state index is -0.124. The predicted octanol–water partition coefficient (Wildman–Crippen LogP) is 2.37. The van der Waals surface area contributed by atoms with Crippen molar-refractivity contribution in [1.82, 2.24) is 24.8 Å². The highest BCUT2D eigenvalue weighted by Gasteiger charge is 2.37. The first-order chi connectivity index (χ1) is 12.5. The van der Waals surface area contributed by atoms with Crippen molar-refractivity contribution in [3.63, 3.8) is 0 Å². The van der Waals surface area contributed by atoms with Crippen LogP contribution in [0.15, 0.2) is 35.0 Å². The van der Waals surface area contributed by atoms with Gasteiger partial charge in [0.05, 0.1) is 13.0 Å². The topological polar surface area (TPSA) is 86.3 Å². The number of likely N-dealkylation sites (tertiary alicyclic amines) is 1. The van der Waals surface area contributed by atoms with Crippen molar-refractivity contribution in [3.8, 4) is 17.3 Å². The molecule has 26 heavy (non-hydrogen) atoms. The van der Waals surface area contributed by atoms with E-state index in [0.29, 0.717) is 41.3 Å². The summed E-state index contributed by atoms with van der Waals surface area (Å²) in [6, 6.07) is 7.26. The van der Waals surface area contributed by atoms with Crippen LogP contribution in [0.1, 0.15) is 22.2 Å². The van der Waals surface area contributed by atoms with Gasteiger partial charge in [-0.2, -0.15) is 4.98 Å². The number of benzene rings is 1. The molecular weight excluding hydrogens is 358 g/mol. The van der Waals surface area contributed by atoms with Gasteiger partial charge in [-0.3, -0.25) is 9.48 Å². The summed E-state index contributed by atoms with van der Waals surface area (Å²) >= 11 is 5.99. The highest BCUT2D eigenvalue weighted by molar-refractivity contribution is 6.30. The summed E-state index contributed by atoms with van der Waals surface area (Å²) in [6.07, 6.45) is 1.65. The summed E-state index contributed by atoms with van der Waals surface area (Å²) in [5, 5.41) is 8.73. The molecule has 134 valence electrons. The van der Waals surface area contributed by atoms with Crippen molar-refractivity contribution in [1.29, 1.82) is 0 Å². The zero-order chi connectivity index (χ0) is 18.3. The Kier molecular flexibility index (Phi) is 4.12. The Balaban J connectivity index is 1.44. The molecule has 0 saturated carbocycles. The molecule has 1 aliphatic rings. The molecule has 2 aromatic heterocycles. The second-order valence-corrected chi connectivity index (χ2v) is 6.54. The van der Waals surface area contributed by atoms with E-state index < -0.39 is 0 Å². The summed E-state index contributed by atoms with van der Waals surface area (Å²) in [5.41, 5.74) is 1.23. The maximum Gasteiger partial charge on any atom is 0.261 e. The van der Waals surface area contributed by atoms with E-state index in [1.54, 1.807) is 35.0 Å². The minimum Gasteiger partial charge on any atom is -0.479 e. The number of rotatable bonds is 4. The SMILES string of the molecule is COc1nn(C)cc1C(=O)N1CC(c2nc(-c3cccc(Cl)c3)no2)C1. The molecule has 0 bridgehead atoms. The summed E-state index contributed by atoms with van der Waals surface area (Å²) in [6.45, 7) is 1.02. The first-order valence-electron chi connectivity index (χ1n) is 8.01. The van der Waals surface area contributed by atoms with Gasteiger partial charge < -0.3 is 14.2 Å². The van der Waals surface area contributed by atoms with Gasteiger partial charge in [-0.15, -0.1) is 5.10 Å². The fourth-order valence-corrected chi connectivity index (χ4v) is 3.07. The minimum absolute atomic E-state index is 0.0158. The van der Waals surface area contributed by atoms with Crippen LogP contribution in [0.25, 0.3) is 11.4 Å². The molecule has 1 fully saturated rings. The van der Waals surface area contributed by atoms with Crippen LogP contribution in [-0.2, 0) is 7.05 Å². The van der Waals surface area contributed by atoms with Gasteiger partial charge in [0.1, 0.15) is 5.56 Å². The number of aromatic nitrogens is 4. The number of halogens is 1. The summed E-state index contributed by atoms with van der Waals surface area (Å²) in [4.78, 5) is 18.7. The molecule has 8 nitrogen and oxygen atoms in total. The number of carbonyl (C=O) groups is 1. The lowest BCUT2D eigenvalue weighted by molar-refractivity contribution is 0.0566. The van der Waals surface area contributed by atoms with Crippen LogP contribution < -0.4 is 4.74 Å². The number of aryl methyl sites for hydroxylation is 1. The molecule has 1 aromatic carbocycles. The number of hydrogen-bond acceptors (Lipinski definition) is 6. The van der Waals surface area contributed by atoms with E-state index in [0.717, 1.165) is 5.56 Å². The molecule has 0 radical (unpaired) electrons. The van der Waals surface area contributed by atoms with E-state index in [1.165, 1.54) is 7.11 Å². The number of amides is 1. The normalized spacial score (nSPS) is 14.3. The number of hydrogen-bond donors (Lipinski definition) is 0. The first-order valence-corrected chi connectivity index (χ1v) is 8.39. The lowest BCUT2D eigenvalue weighted by atomic mass is 9.99. The second kappa shape index (κ2) is 6.45. The summed E-state index contributed by atoms with van der Waals surface area (Å²) in [7, 11) is 3.24. The van der Waals surface area contributed by atoms with Crippen LogP contribution in [-0.4, -0.2) is 50.9 Å². The first kappa shape index (κ1) is 16.6. The highest BCUT2D eigenvalue weighted by Crippen LogP contribution is 2.30. The van der Waals surface area contributed by atoms with Crippen LogP contribution in [0, 0.1) is 0 Å². The van der Waals surface area contributed by atoms with Crippen LogP contribution in [0.2, 0.25) is 5.02 Å². The van der Waals surface area contributed by atoms with Crippen molar-refractivity contribution in [2.24, 2.45) is 7.05 Å². The fraction of sp³-hybridized carbons (Fsp3) is 0.294. The van der Waals surface area contributed by atoms with Gasteiger partial charge in [0.2, 0.25) is 17.6 Å². The molecule has 3 aromatic rings. The average Bonchev–Trinajstić information content (AvgIpc) is 3.20. The third-order valence-corrected chi connectivity index (χ3v) is 4.50. The summed E-state index contributed by atoms with van der Waals surface area (Å²) in [5.74, 6) is 1.22. The quantitative estimate of drug-likeness (QED) is 0.697. The molecule has 9 heteroatoms. The molecule has 1 amide bonds. The predicted molar refractivity (Wildman–Crippen MR) is 93.1 cm³/mol. The monoisotopic (exact) mass is 373 g/mol. The summed E-state index contributed by atoms with van der Waals surface area (Å²) < 4.78 is 12.1. The Morgan fingerprint density at radius 2 is 2.19 bits per heavy atom. The van der Waals surface area contributed by atoms with E-state index in [-0.39, 0.29) is 11.8 Å². The van der Waals surface area contributed by atoms with Crippen LogP contribution in [0.5, 0.6) is 5.88 Å². The standard InChI is InChI=1S/C17H16ClN5O3/c1-22-9-13(16(20-22)25-2)17(24)23-7-11(8-23)15-19-14(21-26-15)10-4-3-5-12(18)6-10/h3-6,9,11H,7-8H2,1-2H3. The molecule has 4 rings (SSSR count). The van der Waals surface area contributed by atoms with Crippen molar-refractivity contribution in [2.45, 2.75) is 5.92 Å². The van der Waals surface area contributed by atoms with E-state index in [4.69, 9.17) is 20.9 Å². The van der Waals surface area contributed by atoms with Gasteiger partial charge in [-0.1, -0.05) is 28.9 Å². The van der Waals surface area contributed by atoms with Gasteiger partial charge in [0.25, 0.3) is 5.91 Å². The van der Waals surface area contributed by atoms with Crippen molar-refractivity contribution >= 4 is 17.5 Å². The van der Waals surface area contributed by atoms with E-state index >= 15 is 0 Å². The highest BCUT2D eigenvalue weighted by atomic mass is 35.5. The number of carbonyl (C=O) groups excluding carboxylic acids is 1. The Labute approximate surface area is 154 Å². The van der Waals surface area contributed by atoms with Gasteiger partial charge >= 0.3 is 0 Å². The number of methoxy groups -OCH3 is 1.